The predicted molar refractivity (Wildman–Crippen MR) is 331 cm³/mol. The molecule has 0 bridgehead atoms. The Balaban J connectivity index is 1.07. The van der Waals surface area contributed by atoms with Crippen LogP contribution in [0.4, 0.5) is 63.1 Å². The lowest BCUT2D eigenvalue weighted by atomic mass is 9.30. The molecule has 6 aliphatic rings. The maximum Gasteiger partial charge on any atom is 0.260 e. The second-order valence-corrected chi connectivity index (χ2v) is 23.4. The highest BCUT2D eigenvalue weighted by molar-refractivity contribution is 7.04. The number of ether oxygens (including phenoxy) is 2. The van der Waals surface area contributed by atoms with Crippen molar-refractivity contribution in [3.8, 4) is 23.3 Å². The number of fused-ring (bicyclic) bond motifs is 12. The van der Waals surface area contributed by atoms with Crippen LogP contribution < -0.4 is 78.7 Å². The Kier molecular flexibility index (Phi) is 9.83. The maximum atomic E-state index is 6.87. The highest BCUT2D eigenvalue weighted by atomic mass is 16.5. The number of nitrogens with zero attached hydrogens (tertiary/aromatic N) is 9. The normalized spacial score (nSPS) is 14.1. The summed E-state index contributed by atoms with van der Waals surface area (Å²) in [6, 6.07) is 40.4. The van der Waals surface area contributed by atoms with E-state index in [0.29, 0.717) is 29.2 Å². The van der Waals surface area contributed by atoms with Gasteiger partial charge >= 0.3 is 0 Å². The van der Waals surface area contributed by atoms with E-state index in [4.69, 9.17) is 39.4 Å². The molecule has 0 unspecified atom stereocenters. The third-order valence-electron chi connectivity index (χ3n) is 17.6. The molecule has 7 aromatic carbocycles. The van der Waals surface area contributed by atoms with Crippen molar-refractivity contribution in [3.05, 3.63) is 177 Å². The minimum atomic E-state index is -0.354. The van der Waals surface area contributed by atoms with Crippen LogP contribution in [0.2, 0.25) is 0 Å². The molecule has 3 aromatic heterocycles. The Morgan fingerprint density at radius 3 is 1.21 bits per heavy atom. The van der Waals surface area contributed by atoms with Crippen LogP contribution in [0.5, 0.6) is 23.3 Å². The fourth-order valence-corrected chi connectivity index (χ4v) is 15.0. The van der Waals surface area contributed by atoms with Crippen LogP contribution in [-0.4, -0.2) is 50.0 Å². The monoisotopic (exact) mass is 1050 g/mol. The highest BCUT2D eigenvalue weighted by Gasteiger charge is 2.52. The molecule has 15 heteroatoms. The fraction of sp³-hybridized carbons (Fsp3) is 0.182. The standard InChI is InChI=1S/C66H55B3N10O2/c1-31-21-34(4)58(35(5)22-31)77-50-29-49-45(67-43-17-13-15-19-53(43)80-65-55(67)61(76-49)70-40(10)74-65)27-46(50)69-48-28-47-51(30-52(48)78(59-36(6)23-32(2)24-37(59)7)63-56(69)62(77)71-41(11)72-63)79(60-38(8)25-33(3)26-39(60)9)64-57-66(75-42(12)73-64)81-54-20-16-14-18-44(54)68(47)57/h13-30H,1-12H3,(H,70,74,76). The lowest BCUT2D eigenvalue weighted by Gasteiger charge is -2.46. The van der Waals surface area contributed by atoms with Crippen molar-refractivity contribution < 1.29 is 9.47 Å². The molecular weight excluding hydrogens is 997 g/mol. The quantitative estimate of drug-likeness (QED) is 0.170. The van der Waals surface area contributed by atoms with Gasteiger partial charge in [-0.25, -0.2) is 19.9 Å². The van der Waals surface area contributed by atoms with Crippen molar-refractivity contribution in [3.63, 3.8) is 0 Å². The predicted octanol–water partition coefficient (Wildman–Crippen LogP) is 8.92. The molecule has 0 atom stereocenters. The van der Waals surface area contributed by atoms with Crippen molar-refractivity contribution in [2.24, 2.45) is 0 Å². The fourth-order valence-electron chi connectivity index (χ4n) is 15.0. The Bertz CT molecular complexity index is 4490. The number of para-hydroxylation sites is 2. The van der Waals surface area contributed by atoms with Gasteiger partial charge in [0.1, 0.15) is 52.2 Å². The van der Waals surface area contributed by atoms with Crippen LogP contribution in [0.25, 0.3) is 0 Å². The molecule has 12 nitrogen and oxygen atoms in total. The number of hydrogen-bond donors (Lipinski definition) is 1. The van der Waals surface area contributed by atoms with Crippen molar-refractivity contribution in [2.45, 2.75) is 83.1 Å². The molecule has 0 amide bonds. The van der Waals surface area contributed by atoms with Gasteiger partial charge in [-0.05, 0) is 174 Å². The minimum Gasteiger partial charge on any atom is -0.440 e. The second kappa shape index (κ2) is 16.7. The summed E-state index contributed by atoms with van der Waals surface area (Å²) >= 11 is 0. The van der Waals surface area contributed by atoms with E-state index in [1.54, 1.807) is 0 Å². The van der Waals surface area contributed by atoms with Crippen molar-refractivity contribution in [1.82, 2.24) is 29.9 Å². The number of nitrogens with one attached hydrogen (secondary N) is 1. The van der Waals surface area contributed by atoms with E-state index in [9.17, 15) is 0 Å². The number of benzene rings is 7. The third kappa shape index (κ3) is 6.63. The van der Waals surface area contributed by atoms with Gasteiger partial charge in [-0.2, -0.15) is 9.97 Å². The second-order valence-electron chi connectivity index (χ2n) is 23.4. The van der Waals surface area contributed by atoms with Crippen LogP contribution in [-0.2, 0) is 0 Å². The summed E-state index contributed by atoms with van der Waals surface area (Å²) in [5, 5.41) is 3.86. The number of hydrogen-bond acceptors (Lipinski definition) is 12. The largest absolute Gasteiger partial charge is 0.440 e. The van der Waals surface area contributed by atoms with Gasteiger partial charge in [0.25, 0.3) is 20.1 Å². The molecule has 390 valence electrons. The van der Waals surface area contributed by atoms with E-state index in [-0.39, 0.29) is 20.1 Å². The average molecular weight is 1050 g/mol. The zero-order chi connectivity index (χ0) is 55.3. The van der Waals surface area contributed by atoms with Gasteiger partial charge < -0.3 is 14.8 Å². The summed E-state index contributed by atoms with van der Waals surface area (Å²) in [6.45, 7) is 25.0. The average Bonchev–Trinajstić information content (AvgIpc) is 2.28. The molecule has 9 heterocycles. The Morgan fingerprint density at radius 2 is 0.728 bits per heavy atom. The molecular formula is C66H55B3N10O2. The van der Waals surface area contributed by atoms with E-state index in [2.05, 4.69) is 185 Å². The van der Waals surface area contributed by atoms with Crippen LogP contribution in [0.3, 0.4) is 0 Å². The molecule has 0 aliphatic carbocycles. The van der Waals surface area contributed by atoms with E-state index in [1.807, 2.05) is 26.8 Å². The van der Waals surface area contributed by atoms with Crippen LogP contribution in [0.1, 0.15) is 67.5 Å². The summed E-state index contributed by atoms with van der Waals surface area (Å²) in [5.41, 5.74) is 27.5. The van der Waals surface area contributed by atoms with Gasteiger partial charge in [-0.15, -0.1) is 0 Å². The lowest BCUT2D eigenvalue weighted by molar-refractivity contribution is 0.464. The topological polar surface area (TPSA) is 118 Å². The van der Waals surface area contributed by atoms with Gasteiger partial charge in [-0.1, -0.05) is 102 Å². The number of aryl methyl sites for hydroxylation is 12. The third-order valence-corrected chi connectivity index (χ3v) is 17.6. The number of aromatic nitrogens is 6. The first kappa shape index (κ1) is 47.7. The molecule has 0 fully saturated rings. The van der Waals surface area contributed by atoms with Gasteiger partial charge in [0.05, 0.1) is 17.1 Å². The van der Waals surface area contributed by atoms with E-state index >= 15 is 0 Å². The Labute approximate surface area is 472 Å². The van der Waals surface area contributed by atoms with Gasteiger partial charge in [0.15, 0.2) is 0 Å². The van der Waals surface area contributed by atoms with Gasteiger partial charge in [-0.3, -0.25) is 14.7 Å². The highest BCUT2D eigenvalue weighted by Crippen LogP contribution is 2.50. The Hall–Kier alpha value is -9.23. The summed E-state index contributed by atoms with van der Waals surface area (Å²) in [7, 11) is 0. The number of rotatable bonds is 3. The molecule has 10 aromatic rings. The molecule has 0 saturated carbocycles. The molecule has 0 saturated heterocycles. The van der Waals surface area contributed by atoms with Crippen LogP contribution in [0, 0.1) is 83.1 Å². The smallest absolute Gasteiger partial charge is 0.260 e. The van der Waals surface area contributed by atoms with Gasteiger partial charge in [0.2, 0.25) is 11.8 Å². The van der Waals surface area contributed by atoms with Gasteiger partial charge in [0, 0.05) is 39.1 Å². The van der Waals surface area contributed by atoms with E-state index in [0.717, 1.165) is 157 Å². The van der Waals surface area contributed by atoms with E-state index < -0.39 is 0 Å². The molecule has 81 heavy (non-hydrogen) atoms. The summed E-state index contributed by atoms with van der Waals surface area (Å²) in [5.74, 6) is 7.98. The summed E-state index contributed by atoms with van der Waals surface area (Å²) < 4.78 is 13.5. The van der Waals surface area contributed by atoms with Crippen molar-refractivity contribution in [1.29, 1.82) is 0 Å². The zero-order valence-corrected chi connectivity index (χ0v) is 47.5. The molecule has 1 N–H and O–H groups in total. The van der Waals surface area contributed by atoms with Crippen molar-refractivity contribution >= 4 is 132 Å². The minimum absolute atomic E-state index is 0.221. The lowest BCUT2D eigenvalue weighted by Crippen LogP contribution is -2.66. The Morgan fingerprint density at radius 1 is 0.358 bits per heavy atom. The maximum absolute atomic E-state index is 6.87. The number of anilines is 11. The van der Waals surface area contributed by atoms with Crippen LogP contribution >= 0.6 is 0 Å². The molecule has 16 rings (SSSR count). The van der Waals surface area contributed by atoms with Crippen molar-refractivity contribution in [2.75, 3.05) is 20.0 Å². The molecule has 6 aliphatic heterocycles. The van der Waals surface area contributed by atoms with E-state index in [1.165, 1.54) is 16.7 Å². The first-order valence-corrected chi connectivity index (χ1v) is 28.0. The molecule has 0 spiro atoms. The molecule has 0 radical (unpaired) electrons. The first-order chi connectivity index (χ1) is 39.1. The summed E-state index contributed by atoms with van der Waals surface area (Å²) in [4.78, 5) is 39.2. The first-order valence-electron chi connectivity index (χ1n) is 28.0. The zero-order valence-electron chi connectivity index (χ0n) is 47.5. The van der Waals surface area contributed by atoms with Crippen LogP contribution in [0.15, 0.2) is 109 Å². The summed E-state index contributed by atoms with van der Waals surface area (Å²) in [6.07, 6.45) is 0. The SMILES string of the molecule is Cc1cc(C)c(N2c3cc4c(cc3B3c5ccccc5Oc5nc(C)nc2c53)B2c3cc5c(cc3N(c3c(C)cc(C)cc3C)c3nc(C)nc(c32)N4c2c(C)cc(C)cc2C)Nc2nc(C)nc3c2B5c2ccccc2O3)c(C)c1.